The highest BCUT2D eigenvalue weighted by Crippen LogP contribution is 2.25. The molecule has 0 aliphatic carbocycles. The lowest BCUT2D eigenvalue weighted by atomic mass is 10.1. The fourth-order valence-electron chi connectivity index (χ4n) is 3.48. The number of carbonyl (C=O) groups is 1. The van der Waals surface area contributed by atoms with Gasteiger partial charge in [-0.1, -0.05) is 12.1 Å². The van der Waals surface area contributed by atoms with Gasteiger partial charge < -0.3 is 14.5 Å². The fraction of sp³-hybridized carbons (Fsp3) is 0.174. The molecular formula is C23H20FN3O4. The van der Waals surface area contributed by atoms with Crippen molar-refractivity contribution in [2.75, 3.05) is 12.4 Å². The Morgan fingerprint density at radius 1 is 1.19 bits per heavy atom. The van der Waals surface area contributed by atoms with Crippen LogP contribution in [0.25, 0.3) is 11.0 Å². The number of halogens is 1. The predicted octanol–water partition coefficient (Wildman–Crippen LogP) is 4.05. The van der Waals surface area contributed by atoms with Gasteiger partial charge in [0, 0.05) is 17.5 Å². The Morgan fingerprint density at radius 2 is 2.00 bits per heavy atom. The molecule has 0 aliphatic rings. The average molecular weight is 421 g/mol. The van der Waals surface area contributed by atoms with E-state index in [1.165, 1.54) is 19.2 Å². The van der Waals surface area contributed by atoms with E-state index >= 15 is 0 Å². The highest BCUT2D eigenvalue weighted by molar-refractivity contribution is 6.12. The maximum absolute atomic E-state index is 13.5. The van der Waals surface area contributed by atoms with E-state index in [0.717, 1.165) is 11.6 Å². The molecule has 2 aromatic carbocycles. The summed E-state index contributed by atoms with van der Waals surface area (Å²) in [5.74, 6) is -0.267. The minimum absolute atomic E-state index is 0.186. The Bertz CT molecular complexity index is 1360. The minimum atomic E-state index is -0.638. The van der Waals surface area contributed by atoms with Crippen LogP contribution in [0.15, 0.2) is 57.7 Å². The van der Waals surface area contributed by atoms with Gasteiger partial charge in [-0.25, -0.2) is 9.18 Å². The summed E-state index contributed by atoms with van der Waals surface area (Å²) in [6.07, 6.45) is 0. The number of aryl methyl sites for hydroxylation is 1. The third-order valence-electron chi connectivity index (χ3n) is 5.04. The van der Waals surface area contributed by atoms with E-state index in [4.69, 9.17) is 9.15 Å². The Morgan fingerprint density at radius 3 is 2.74 bits per heavy atom. The molecule has 4 rings (SSSR count). The molecule has 31 heavy (non-hydrogen) atoms. The smallest absolute Gasteiger partial charge is 0.337 e. The van der Waals surface area contributed by atoms with Gasteiger partial charge in [0.2, 0.25) is 0 Å². The Labute approximate surface area is 177 Å². The monoisotopic (exact) mass is 421 g/mol. The van der Waals surface area contributed by atoms with Crippen LogP contribution in [-0.2, 0) is 6.54 Å². The van der Waals surface area contributed by atoms with Crippen molar-refractivity contribution in [1.29, 1.82) is 0 Å². The summed E-state index contributed by atoms with van der Waals surface area (Å²) in [5.41, 5.74) is 2.42. The number of hydrogen-bond donors (Lipinski definition) is 1. The lowest BCUT2D eigenvalue weighted by Gasteiger charge is -2.09. The quantitative estimate of drug-likeness (QED) is 0.491. The molecular weight excluding hydrogens is 401 g/mol. The zero-order valence-electron chi connectivity index (χ0n) is 17.2. The molecule has 0 saturated carbocycles. The van der Waals surface area contributed by atoms with Crippen LogP contribution in [0.2, 0.25) is 0 Å². The van der Waals surface area contributed by atoms with Crippen LogP contribution in [0.5, 0.6) is 5.75 Å². The summed E-state index contributed by atoms with van der Waals surface area (Å²) in [5, 5.41) is 7.81. The molecule has 0 fully saturated rings. The number of nitrogens with one attached hydrogen (secondary N) is 1. The Hall–Kier alpha value is -3.94. The van der Waals surface area contributed by atoms with Gasteiger partial charge in [-0.3, -0.25) is 9.48 Å². The lowest BCUT2D eigenvalue weighted by molar-refractivity contribution is 0.102. The van der Waals surface area contributed by atoms with E-state index in [2.05, 4.69) is 10.4 Å². The summed E-state index contributed by atoms with van der Waals surface area (Å²) in [6, 6.07) is 12.3. The molecule has 158 valence electrons. The molecule has 0 bridgehead atoms. The predicted molar refractivity (Wildman–Crippen MR) is 114 cm³/mol. The first kappa shape index (κ1) is 20.3. The second-order valence-electron chi connectivity index (χ2n) is 7.13. The zero-order valence-corrected chi connectivity index (χ0v) is 17.2. The minimum Gasteiger partial charge on any atom is -0.497 e. The van der Waals surface area contributed by atoms with Crippen molar-refractivity contribution in [3.8, 4) is 5.75 Å². The van der Waals surface area contributed by atoms with E-state index in [-0.39, 0.29) is 17.0 Å². The van der Waals surface area contributed by atoms with Crippen molar-refractivity contribution in [2.45, 2.75) is 20.4 Å². The number of rotatable bonds is 5. The molecule has 2 heterocycles. The standard InChI is InChI=1S/C23H20FN3O4/c1-13-22(14(2)27(26-13)12-15-5-4-6-16(24)9-15)25-23(29)19-11-21(28)31-20-10-17(30-3)7-8-18(19)20/h4-11H,12H2,1-3H3,(H,25,29). The molecule has 0 unspecified atom stereocenters. The second-order valence-corrected chi connectivity index (χ2v) is 7.13. The summed E-state index contributed by atoms with van der Waals surface area (Å²) >= 11 is 0. The molecule has 8 heteroatoms. The first-order valence-electron chi connectivity index (χ1n) is 9.57. The van der Waals surface area contributed by atoms with E-state index in [9.17, 15) is 14.0 Å². The molecule has 0 atom stereocenters. The zero-order chi connectivity index (χ0) is 22.1. The molecule has 0 saturated heterocycles. The largest absolute Gasteiger partial charge is 0.497 e. The Kier molecular flexibility index (Phi) is 5.29. The highest BCUT2D eigenvalue weighted by Gasteiger charge is 2.19. The van der Waals surface area contributed by atoms with Crippen LogP contribution in [0.3, 0.4) is 0 Å². The summed E-state index contributed by atoms with van der Waals surface area (Å²) in [7, 11) is 1.50. The van der Waals surface area contributed by atoms with Crippen LogP contribution in [0.4, 0.5) is 10.1 Å². The van der Waals surface area contributed by atoms with Gasteiger partial charge in [-0.2, -0.15) is 5.10 Å². The SMILES string of the molecule is COc1ccc2c(C(=O)Nc3c(C)nn(Cc4cccc(F)c4)c3C)cc(=O)oc2c1. The van der Waals surface area contributed by atoms with Crippen molar-refractivity contribution in [3.05, 3.63) is 87.3 Å². The van der Waals surface area contributed by atoms with Gasteiger partial charge in [0.1, 0.15) is 17.1 Å². The summed E-state index contributed by atoms with van der Waals surface area (Å²) in [4.78, 5) is 25.0. The molecule has 1 N–H and O–H groups in total. The number of nitrogens with zero attached hydrogens (tertiary/aromatic N) is 2. The second kappa shape index (κ2) is 8.06. The molecule has 0 aliphatic heterocycles. The molecule has 4 aromatic rings. The van der Waals surface area contributed by atoms with Crippen molar-refractivity contribution >= 4 is 22.6 Å². The van der Waals surface area contributed by atoms with Crippen LogP contribution < -0.4 is 15.7 Å². The fourth-order valence-corrected chi connectivity index (χ4v) is 3.48. The van der Waals surface area contributed by atoms with Crippen molar-refractivity contribution in [1.82, 2.24) is 9.78 Å². The number of benzene rings is 2. The summed E-state index contributed by atoms with van der Waals surface area (Å²) in [6.45, 7) is 3.95. The number of aromatic nitrogens is 2. The van der Waals surface area contributed by atoms with Gasteiger partial charge in [0.25, 0.3) is 5.91 Å². The average Bonchev–Trinajstić information content (AvgIpc) is 2.99. The van der Waals surface area contributed by atoms with Crippen molar-refractivity contribution < 1.29 is 18.3 Å². The van der Waals surface area contributed by atoms with E-state index < -0.39 is 11.5 Å². The number of ether oxygens (including phenoxy) is 1. The maximum atomic E-state index is 13.5. The number of hydrogen-bond acceptors (Lipinski definition) is 5. The van der Waals surface area contributed by atoms with Gasteiger partial charge >= 0.3 is 5.63 Å². The van der Waals surface area contributed by atoms with Gasteiger partial charge in [0.15, 0.2) is 0 Å². The first-order chi connectivity index (χ1) is 14.9. The van der Waals surface area contributed by atoms with Crippen LogP contribution in [0.1, 0.15) is 27.3 Å². The van der Waals surface area contributed by atoms with Crippen LogP contribution in [0, 0.1) is 19.7 Å². The topological polar surface area (TPSA) is 86.4 Å². The first-order valence-corrected chi connectivity index (χ1v) is 9.57. The number of amides is 1. The van der Waals surface area contributed by atoms with Crippen molar-refractivity contribution in [3.63, 3.8) is 0 Å². The molecule has 0 radical (unpaired) electrons. The van der Waals surface area contributed by atoms with Gasteiger partial charge in [-0.15, -0.1) is 0 Å². The van der Waals surface area contributed by atoms with Crippen LogP contribution in [-0.4, -0.2) is 22.8 Å². The van der Waals surface area contributed by atoms with E-state index in [0.29, 0.717) is 34.8 Å². The lowest BCUT2D eigenvalue weighted by Crippen LogP contribution is -2.16. The normalized spacial score (nSPS) is 11.0. The van der Waals surface area contributed by atoms with Gasteiger partial charge in [-0.05, 0) is 43.7 Å². The highest BCUT2D eigenvalue weighted by atomic mass is 19.1. The molecule has 0 spiro atoms. The van der Waals surface area contributed by atoms with Crippen LogP contribution >= 0.6 is 0 Å². The summed E-state index contributed by atoms with van der Waals surface area (Å²) < 4.78 is 25.6. The van der Waals surface area contributed by atoms with Gasteiger partial charge in [0.05, 0.1) is 36.3 Å². The third-order valence-corrected chi connectivity index (χ3v) is 5.04. The molecule has 1 amide bonds. The maximum Gasteiger partial charge on any atom is 0.337 e. The molecule has 2 aromatic heterocycles. The van der Waals surface area contributed by atoms with E-state index in [1.807, 2.05) is 6.92 Å². The number of carbonyl (C=O) groups excluding carboxylic acids is 1. The number of methoxy groups -OCH3 is 1. The van der Waals surface area contributed by atoms with Crippen molar-refractivity contribution in [2.24, 2.45) is 0 Å². The molecule has 7 nitrogen and oxygen atoms in total. The third kappa shape index (κ3) is 4.05. The van der Waals surface area contributed by atoms with E-state index in [1.54, 1.807) is 41.9 Å². The number of anilines is 1. The number of fused-ring (bicyclic) bond motifs is 1. The Balaban J connectivity index is 1.66.